The van der Waals surface area contributed by atoms with Crippen molar-refractivity contribution in [3.8, 4) is 10.6 Å². The third-order valence-electron chi connectivity index (χ3n) is 3.39. The highest BCUT2D eigenvalue weighted by Crippen LogP contribution is 2.25. The van der Waals surface area contributed by atoms with E-state index >= 15 is 0 Å². The molecule has 4 nitrogen and oxygen atoms in total. The van der Waals surface area contributed by atoms with Gasteiger partial charge in [0.1, 0.15) is 0 Å². The predicted molar refractivity (Wildman–Crippen MR) is 72.6 cm³/mol. The molecule has 2 aromatic heterocycles. The summed E-state index contributed by atoms with van der Waals surface area (Å²) in [5, 5.41) is 9.59. The first kappa shape index (κ1) is 11.9. The van der Waals surface area contributed by atoms with E-state index in [1.807, 2.05) is 17.5 Å². The Morgan fingerprint density at radius 3 is 3.28 bits per heavy atom. The fraction of sp³-hybridized carbons (Fsp3) is 0.462. The van der Waals surface area contributed by atoms with Crippen LogP contribution in [-0.2, 0) is 6.54 Å². The highest BCUT2D eigenvalue weighted by molar-refractivity contribution is 7.13. The first-order valence-corrected chi connectivity index (χ1v) is 7.11. The van der Waals surface area contributed by atoms with Crippen LogP contribution in [0.15, 0.2) is 28.1 Å². The van der Waals surface area contributed by atoms with Crippen LogP contribution in [-0.4, -0.2) is 36.2 Å². The minimum atomic E-state index is 0.617. The second-order valence-corrected chi connectivity index (χ2v) is 5.67. The summed E-state index contributed by atoms with van der Waals surface area (Å²) in [5.74, 6) is 0.873. The molecule has 96 valence electrons. The van der Waals surface area contributed by atoms with E-state index in [0.717, 1.165) is 36.0 Å². The molecule has 1 aliphatic heterocycles. The Labute approximate surface area is 111 Å². The van der Waals surface area contributed by atoms with Gasteiger partial charge in [0.25, 0.3) is 0 Å². The molecule has 0 radical (unpaired) electrons. The van der Waals surface area contributed by atoms with Crippen molar-refractivity contribution in [2.75, 3.05) is 20.1 Å². The molecule has 0 amide bonds. The van der Waals surface area contributed by atoms with Gasteiger partial charge in [-0.05, 0) is 31.5 Å². The highest BCUT2D eigenvalue weighted by Gasteiger charge is 2.20. The van der Waals surface area contributed by atoms with Crippen LogP contribution in [0.1, 0.15) is 12.1 Å². The van der Waals surface area contributed by atoms with Gasteiger partial charge in [0.2, 0.25) is 0 Å². The fourth-order valence-corrected chi connectivity index (χ4v) is 2.99. The van der Waals surface area contributed by atoms with Crippen LogP contribution in [0.25, 0.3) is 10.6 Å². The Kier molecular flexibility index (Phi) is 3.45. The summed E-state index contributed by atoms with van der Waals surface area (Å²) >= 11 is 1.68. The van der Waals surface area contributed by atoms with E-state index in [-0.39, 0.29) is 0 Å². The molecule has 18 heavy (non-hydrogen) atoms. The molecule has 1 unspecified atom stereocenters. The zero-order valence-corrected chi connectivity index (χ0v) is 11.2. The summed E-state index contributed by atoms with van der Waals surface area (Å²) in [7, 11) is 2.15. The maximum absolute atomic E-state index is 5.39. The third kappa shape index (κ3) is 2.48. The number of thiophene rings is 1. The van der Waals surface area contributed by atoms with Gasteiger partial charge in [0.15, 0.2) is 5.76 Å². The van der Waals surface area contributed by atoms with Crippen molar-refractivity contribution in [1.82, 2.24) is 15.4 Å². The lowest BCUT2D eigenvalue weighted by molar-refractivity contribution is 0.241. The van der Waals surface area contributed by atoms with E-state index in [2.05, 4.69) is 28.5 Å². The van der Waals surface area contributed by atoms with E-state index < -0.39 is 0 Å². The molecule has 0 bridgehead atoms. The average molecular weight is 263 g/mol. The minimum Gasteiger partial charge on any atom is -0.355 e. The molecule has 2 aromatic rings. The van der Waals surface area contributed by atoms with Crippen LogP contribution in [0.3, 0.4) is 0 Å². The van der Waals surface area contributed by atoms with E-state index in [4.69, 9.17) is 4.52 Å². The lowest BCUT2D eigenvalue weighted by atomic mass is 10.2. The van der Waals surface area contributed by atoms with Crippen LogP contribution in [0.2, 0.25) is 0 Å². The molecule has 1 saturated heterocycles. The van der Waals surface area contributed by atoms with Crippen LogP contribution in [0.4, 0.5) is 0 Å². The standard InChI is InChI=1S/C13H17N3OS/c1-16(11-4-5-14-8-11)9-10-7-12(17-15-10)13-3-2-6-18-13/h2-3,6-7,11,14H,4-5,8-9H2,1H3. The molecule has 1 fully saturated rings. The molecule has 0 saturated carbocycles. The van der Waals surface area contributed by atoms with Gasteiger partial charge < -0.3 is 9.84 Å². The summed E-state index contributed by atoms with van der Waals surface area (Å²) in [6.07, 6.45) is 1.21. The Morgan fingerprint density at radius 1 is 1.61 bits per heavy atom. The lowest BCUT2D eigenvalue weighted by Gasteiger charge is -2.21. The molecule has 3 rings (SSSR count). The van der Waals surface area contributed by atoms with Crippen molar-refractivity contribution in [3.63, 3.8) is 0 Å². The van der Waals surface area contributed by atoms with Gasteiger partial charge in [-0.3, -0.25) is 4.90 Å². The van der Waals surface area contributed by atoms with Gasteiger partial charge >= 0.3 is 0 Å². The largest absolute Gasteiger partial charge is 0.355 e. The molecule has 1 atom stereocenters. The highest BCUT2D eigenvalue weighted by atomic mass is 32.1. The van der Waals surface area contributed by atoms with E-state index in [9.17, 15) is 0 Å². The van der Waals surface area contributed by atoms with E-state index in [0.29, 0.717) is 6.04 Å². The molecule has 0 aliphatic carbocycles. The molecule has 0 aromatic carbocycles. The number of nitrogens with one attached hydrogen (secondary N) is 1. The van der Waals surface area contributed by atoms with E-state index in [1.54, 1.807) is 11.3 Å². The SMILES string of the molecule is CN(Cc1cc(-c2cccs2)on1)C1CCNC1. The Hall–Kier alpha value is -1.17. The summed E-state index contributed by atoms with van der Waals surface area (Å²) in [6, 6.07) is 6.75. The van der Waals surface area contributed by atoms with Crippen LogP contribution < -0.4 is 5.32 Å². The second-order valence-electron chi connectivity index (χ2n) is 4.72. The summed E-state index contributed by atoms with van der Waals surface area (Å²) in [4.78, 5) is 3.48. The second kappa shape index (κ2) is 5.22. The van der Waals surface area contributed by atoms with Crippen molar-refractivity contribution < 1.29 is 4.52 Å². The summed E-state index contributed by atoms with van der Waals surface area (Å²) < 4.78 is 5.39. The third-order valence-corrected chi connectivity index (χ3v) is 4.28. The quantitative estimate of drug-likeness (QED) is 0.918. The first-order valence-electron chi connectivity index (χ1n) is 6.23. The average Bonchev–Trinajstić information content (AvgIpc) is 3.12. The normalized spacial score (nSPS) is 19.8. The van der Waals surface area contributed by atoms with Gasteiger partial charge in [0.05, 0.1) is 10.6 Å². The molecular formula is C13H17N3OS. The van der Waals surface area contributed by atoms with Crippen molar-refractivity contribution in [1.29, 1.82) is 0 Å². The smallest absolute Gasteiger partial charge is 0.177 e. The van der Waals surface area contributed by atoms with Crippen LogP contribution in [0, 0.1) is 0 Å². The molecule has 1 aliphatic rings. The van der Waals surface area contributed by atoms with Crippen LogP contribution in [0.5, 0.6) is 0 Å². The molecule has 3 heterocycles. The predicted octanol–water partition coefficient (Wildman–Crippen LogP) is 2.20. The number of likely N-dealkylation sites (N-methyl/N-ethyl adjacent to an activating group) is 1. The van der Waals surface area contributed by atoms with Crippen molar-refractivity contribution in [3.05, 3.63) is 29.3 Å². The molecule has 0 spiro atoms. The molecular weight excluding hydrogens is 246 g/mol. The number of nitrogens with zero attached hydrogens (tertiary/aromatic N) is 2. The summed E-state index contributed by atoms with van der Waals surface area (Å²) in [6.45, 7) is 3.04. The summed E-state index contributed by atoms with van der Waals surface area (Å²) in [5.41, 5.74) is 1.01. The molecule has 1 N–H and O–H groups in total. The van der Waals surface area contributed by atoms with Gasteiger partial charge in [-0.2, -0.15) is 0 Å². The topological polar surface area (TPSA) is 41.3 Å². The van der Waals surface area contributed by atoms with Gasteiger partial charge in [-0.15, -0.1) is 11.3 Å². The van der Waals surface area contributed by atoms with E-state index in [1.165, 1.54) is 6.42 Å². The van der Waals surface area contributed by atoms with Gasteiger partial charge in [0, 0.05) is 25.2 Å². The molecule has 5 heteroatoms. The maximum Gasteiger partial charge on any atom is 0.177 e. The van der Waals surface area contributed by atoms with Crippen molar-refractivity contribution in [2.45, 2.75) is 19.0 Å². The monoisotopic (exact) mass is 263 g/mol. The zero-order valence-electron chi connectivity index (χ0n) is 10.4. The lowest BCUT2D eigenvalue weighted by Crippen LogP contribution is -2.32. The van der Waals surface area contributed by atoms with Crippen molar-refractivity contribution in [2.24, 2.45) is 0 Å². The Bertz CT molecular complexity index is 488. The van der Waals surface area contributed by atoms with Gasteiger partial charge in [-0.1, -0.05) is 11.2 Å². The Balaban J connectivity index is 1.66. The number of aromatic nitrogens is 1. The maximum atomic E-state index is 5.39. The minimum absolute atomic E-state index is 0.617. The zero-order chi connectivity index (χ0) is 12.4. The fourth-order valence-electron chi connectivity index (χ4n) is 2.32. The van der Waals surface area contributed by atoms with Gasteiger partial charge in [-0.25, -0.2) is 0 Å². The Morgan fingerprint density at radius 2 is 2.56 bits per heavy atom. The number of rotatable bonds is 4. The first-order chi connectivity index (χ1) is 8.83. The number of hydrogen-bond acceptors (Lipinski definition) is 5. The van der Waals surface area contributed by atoms with Crippen LogP contribution >= 0.6 is 11.3 Å². The van der Waals surface area contributed by atoms with Crippen molar-refractivity contribution >= 4 is 11.3 Å². The number of hydrogen-bond donors (Lipinski definition) is 1.